The van der Waals surface area contributed by atoms with Crippen molar-refractivity contribution in [1.82, 2.24) is 0 Å². The number of benzene rings is 2. The molecule has 24 heavy (non-hydrogen) atoms. The van der Waals surface area contributed by atoms with Crippen LogP contribution in [0.3, 0.4) is 0 Å². The summed E-state index contributed by atoms with van der Waals surface area (Å²) in [5.41, 5.74) is -0.267. The number of nitrogens with zero attached hydrogens (tertiary/aromatic N) is 1. The lowest BCUT2D eigenvalue weighted by Crippen LogP contribution is -2.37. The van der Waals surface area contributed by atoms with E-state index in [9.17, 15) is 21.6 Å². The van der Waals surface area contributed by atoms with Crippen LogP contribution in [-0.2, 0) is 22.0 Å². The fraction of sp³-hybridized carbons (Fsp3) is 0.294. The Kier molecular flexibility index (Phi) is 5.22. The van der Waals surface area contributed by atoms with E-state index >= 15 is 0 Å². The molecule has 0 N–H and O–H groups in total. The molecule has 0 aliphatic rings. The van der Waals surface area contributed by atoms with Crippen LogP contribution in [0.15, 0.2) is 54.6 Å². The van der Waals surface area contributed by atoms with E-state index in [1.165, 1.54) is 16.4 Å². The van der Waals surface area contributed by atoms with Crippen molar-refractivity contribution in [3.05, 3.63) is 65.7 Å². The van der Waals surface area contributed by atoms with Crippen molar-refractivity contribution in [3.8, 4) is 0 Å². The van der Waals surface area contributed by atoms with Gasteiger partial charge >= 0.3 is 6.18 Å². The summed E-state index contributed by atoms with van der Waals surface area (Å²) in [6, 6.07) is 12.5. The number of hydrogen-bond donors (Lipinski definition) is 0. The molecule has 0 aliphatic heterocycles. The number of rotatable bonds is 5. The average molecular weight is 357 g/mol. The highest BCUT2D eigenvalue weighted by Crippen LogP contribution is 2.30. The summed E-state index contributed by atoms with van der Waals surface area (Å²) in [5.74, 6) is -0.496. The van der Waals surface area contributed by atoms with Gasteiger partial charge in [0.25, 0.3) is 0 Å². The van der Waals surface area contributed by atoms with Crippen molar-refractivity contribution < 1.29 is 21.6 Å². The van der Waals surface area contributed by atoms with Crippen molar-refractivity contribution in [2.75, 3.05) is 4.31 Å². The number of alkyl halides is 3. The fourth-order valence-electron chi connectivity index (χ4n) is 2.47. The Bertz CT molecular complexity index is 787. The van der Waals surface area contributed by atoms with Gasteiger partial charge in [-0.2, -0.15) is 13.2 Å². The third-order valence-corrected chi connectivity index (χ3v) is 5.31. The summed E-state index contributed by atoms with van der Waals surface area (Å²) in [6.07, 6.45) is -4.50. The third-order valence-electron chi connectivity index (χ3n) is 3.38. The molecule has 2 aromatic rings. The van der Waals surface area contributed by atoms with E-state index in [0.717, 1.165) is 12.1 Å². The van der Waals surface area contributed by atoms with Crippen LogP contribution in [0.4, 0.5) is 18.9 Å². The molecule has 0 amide bonds. The summed E-state index contributed by atoms with van der Waals surface area (Å²) < 4.78 is 65.1. The molecule has 2 rings (SSSR count). The van der Waals surface area contributed by atoms with E-state index in [4.69, 9.17) is 0 Å². The standard InChI is InChI=1S/C17H18F3NO2S/c1-13(2)21(16-9-4-3-5-10-16)24(22,23)12-14-7-6-8-15(11-14)17(18,19)20/h3-11,13H,12H2,1-2H3. The second-order valence-electron chi connectivity index (χ2n) is 5.68. The minimum Gasteiger partial charge on any atom is -0.267 e. The first-order chi connectivity index (χ1) is 11.1. The molecule has 0 spiro atoms. The molecular formula is C17H18F3NO2S. The first-order valence-electron chi connectivity index (χ1n) is 7.34. The SMILES string of the molecule is CC(C)N(c1ccccc1)S(=O)(=O)Cc1cccc(C(F)(F)F)c1. The Balaban J connectivity index is 2.36. The van der Waals surface area contributed by atoms with Crippen LogP contribution in [0.5, 0.6) is 0 Å². The summed E-state index contributed by atoms with van der Waals surface area (Å²) in [7, 11) is -3.82. The number of anilines is 1. The van der Waals surface area contributed by atoms with Gasteiger partial charge in [0.05, 0.1) is 17.0 Å². The third kappa shape index (κ3) is 4.29. The van der Waals surface area contributed by atoms with Crippen LogP contribution >= 0.6 is 0 Å². The molecule has 3 nitrogen and oxygen atoms in total. The monoisotopic (exact) mass is 357 g/mol. The minimum absolute atomic E-state index is 0.103. The Morgan fingerprint density at radius 1 is 1.00 bits per heavy atom. The predicted molar refractivity (Wildman–Crippen MR) is 88.1 cm³/mol. The van der Waals surface area contributed by atoms with E-state index in [2.05, 4.69) is 0 Å². The molecule has 2 aromatic carbocycles. The van der Waals surface area contributed by atoms with Gasteiger partial charge in [-0.1, -0.05) is 36.4 Å². The van der Waals surface area contributed by atoms with Crippen LogP contribution in [0.2, 0.25) is 0 Å². The number of hydrogen-bond acceptors (Lipinski definition) is 2. The zero-order chi connectivity index (χ0) is 18.0. The Morgan fingerprint density at radius 3 is 2.17 bits per heavy atom. The summed E-state index contributed by atoms with van der Waals surface area (Å²) in [4.78, 5) is 0. The zero-order valence-electron chi connectivity index (χ0n) is 13.3. The van der Waals surface area contributed by atoms with Gasteiger partial charge in [-0.3, -0.25) is 4.31 Å². The lowest BCUT2D eigenvalue weighted by molar-refractivity contribution is -0.137. The van der Waals surface area contributed by atoms with Gasteiger partial charge < -0.3 is 0 Å². The highest BCUT2D eigenvalue weighted by atomic mass is 32.2. The van der Waals surface area contributed by atoms with Crippen molar-refractivity contribution in [2.45, 2.75) is 31.8 Å². The maximum atomic E-state index is 12.8. The van der Waals surface area contributed by atoms with E-state index in [0.29, 0.717) is 5.69 Å². The highest BCUT2D eigenvalue weighted by molar-refractivity contribution is 7.92. The first kappa shape index (κ1) is 18.3. The topological polar surface area (TPSA) is 37.4 Å². The highest BCUT2D eigenvalue weighted by Gasteiger charge is 2.31. The normalized spacial score (nSPS) is 12.4. The smallest absolute Gasteiger partial charge is 0.267 e. The average Bonchev–Trinajstić information content (AvgIpc) is 2.46. The lowest BCUT2D eigenvalue weighted by Gasteiger charge is -2.28. The van der Waals surface area contributed by atoms with Crippen LogP contribution in [-0.4, -0.2) is 14.5 Å². The number of para-hydroxylation sites is 1. The lowest BCUT2D eigenvalue weighted by atomic mass is 10.1. The molecule has 0 radical (unpaired) electrons. The fourth-order valence-corrected chi connectivity index (χ4v) is 4.30. The Morgan fingerprint density at radius 2 is 1.62 bits per heavy atom. The predicted octanol–water partition coefficient (Wildman–Crippen LogP) is 4.45. The second kappa shape index (κ2) is 6.84. The number of halogens is 3. The molecule has 0 bridgehead atoms. The quantitative estimate of drug-likeness (QED) is 0.793. The van der Waals surface area contributed by atoms with E-state index < -0.39 is 27.5 Å². The van der Waals surface area contributed by atoms with Gasteiger partial charge in [0.1, 0.15) is 0 Å². The van der Waals surface area contributed by atoms with E-state index in [1.54, 1.807) is 44.2 Å². The Hall–Kier alpha value is -2.02. The molecule has 0 heterocycles. The summed E-state index contributed by atoms with van der Waals surface area (Å²) >= 11 is 0. The van der Waals surface area contributed by atoms with Gasteiger partial charge in [-0.05, 0) is 37.6 Å². The van der Waals surface area contributed by atoms with Crippen LogP contribution in [0, 0.1) is 0 Å². The zero-order valence-corrected chi connectivity index (χ0v) is 14.1. The summed E-state index contributed by atoms with van der Waals surface area (Å²) in [5, 5.41) is 0. The summed E-state index contributed by atoms with van der Waals surface area (Å²) in [6.45, 7) is 3.44. The van der Waals surface area contributed by atoms with Crippen LogP contribution in [0.25, 0.3) is 0 Å². The van der Waals surface area contributed by atoms with Gasteiger partial charge in [-0.15, -0.1) is 0 Å². The van der Waals surface area contributed by atoms with Gasteiger partial charge in [0.2, 0.25) is 10.0 Å². The molecule has 0 fully saturated rings. The molecule has 130 valence electrons. The first-order valence-corrected chi connectivity index (χ1v) is 8.95. The van der Waals surface area contributed by atoms with Gasteiger partial charge in [0.15, 0.2) is 0 Å². The molecule has 0 saturated heterocycles. The Labute approximate surface area is 139 Å². The second-order valence-corrected chi connectivity index (χ2v) is 7.53. The van der Waals surface area contributed by atoms with Crippen molar-refractivity contribution in [1.29, 1.82) is 0 Å². The van der Waals surface area contributed by atoms with E-state index in [-0.39, 0.29) is 11.6 Å². The largest absolute Gasteiger partial charge is 0.416 e. The van der Waals surface area contributed by atoms with Crippen molar-refractivity contribution in [2.24, 2.45) is 0 Å². The molecular weight excluding hydrogens is 339 g/mol. The number of sulfonamides is 1. The van der Waals surface area contributed by atoms with E-state index in [1.807, 2.05) is 0 Å². The van der Waals surface area contributed by atoms with Gasteiger partial charge in [0, 0.05) is 6.04 Å². The molecule has 0 aromatic heterocycles. The molecule has 0 atom stereocenters. The molecule has 7 heteroatoms. The van der Waals surface area contributed by atoms with Gasteiger partial charge in [-0.25, -0.2) is 8.42 Å². The van der Waals surface area contributed by atoms with Crippen LogP contribution < -0.4 is 4.31 Å². The molecule has 0 saturated carbocycles. The molecule has 0 unspecified atom stereocenters. The molecule has 0 aliphatic carbocycles. The minimum atomic E-state index is -4.50. The maximum Gasteiger partial charge on any atom is 0.416 e. The van der Waals surface area contributed by atoms with Crippen LogP contribution in [0.1, 0.15) is 25.0 Å². The maximum absolute atomic E-state index is 12.8. The van der Waals surface area contributed by atoms with Crippen molar-refractivity contribution in [3.63, 3.8) is 0 Å². The van der Waals surface area contributed by atoms with Crippen molar-refractivity contribution >= 4 is 15.7 Å².